The quantitative estimate of drug-likeness (QED) is 0.769. The monoisotopic (exact) mass is 366 g/mol. The Balaban J connectivity index is 1.58. The van der Waals surface area contributed by atoms with Gasteiger partial charge in [-0.05, 0) is 38.8 Å². The minimum absolute atomic E-state index is 0.162. The van der Waals surface area contributed by atoms with Crippen LogP contribution in [0, 0.1) is 0 Å². The van der Waals surface area contributed by atoms with E-state index in [1.54, 1.807) is 38.4 Å². The number of pyridine rings is 1. The number of aromatic nitrogens is 3. The van der Waals surface area contributed by atoms with E-state index in [9.17, 15) is 8.42 Å². The fourth-order valence-corrected chi connectivity index (χ4v) is 4.04. The van der Waals surface area contributed by atoms with Gasteiger partial charge in [-0.2, -0.15) is 9.29 Å². The first kappa shape index (κ1) is 18.0. The predicted molar refractivity (Wildman–Crippen MR) is 91.0 cm³/mol. The van der Waals surface area contributed by atoms with Gasteiger partial charge in [0.25, 0.3) is 5.89 Å². The summed E-state index contributed by atoms with van der Waals surface area (Å²) in [7, 11) is -3.25. The maximum Gasteiger partial charge on any atom is 0.258 e. The van der Waals surface area contributed by atoms with Gasteiger partial charge in [0, 0.05) is 31.0 Å². The Labute approximate surface area is 147 Å². The van der Waals surface area contributed by atoms with E-state index >= 15 is 0 Å². The molecule has 1 saturated heterocycles. The van der Waals surface area contributed by atoms with Crippen molar-refractivity contribution in [3.8, 4) is 11.5 Å². The van der Waals surface area contributed by atoms with Gasteiger partial charge in [-0.15, -0.1) is 0 Å². The SMILES string of the molecule is CC(C)S(=O)(=O)N1CCCC(OCc2noc(-c3ccncc3)n2)C1. The molecule has 0 amide bonds. The highest BCUT2D eigenvalue weighted by molar-refractivity contribution is 7.89. The van der Waals surface area contributed by atoms with Crippen LogP contribution >= 0.6 is 0 Å². The zero-order valence-corrected chi connectivity index (χ0v) is 15.1. The van der Waals surface area contributed by atoms with Crippen molar-refractivity contribution in [3.63, 3.8) is 0 Å². The van der Waals surface area contributed by atoms with Crippen LogP contribution in [0.2, 0.25) is 0 Å². The summed E-state index contributed by atoms with van der Waals surface area (Å²) < 4.78 is 37.1. The van der Waals surface area contributed by atoms with Crippen molar-refractivity contribution in [2.45, 2.75) is 44.6 Å². The molecule has 1 atom stereocenters. The van der Waals surface area contributed by atoms with Crippen molar-refractivity contribution in [1.29, 1.82) is 0 Å². The summed E-state index contributed by atoms with van der Waals surface area (Å²) in [5.74, 6) is 0.851. The molecule has 2 aromatic heterocycles. The lowest BCUT2D eigenvalue weighted by molar-refractivity contribution is 0.00427. The van der Waals surface area contributed by atoms with Crippen LogP contribution in [0.25, 0.3) is 11.5 Å². The average molecular weight is 366 g/mol. The van der Waals surface area contributed by atoms with Crippen molar-refractivity contribution in [3.05, 3.63) is 30.4 Å². The number of nitrogens with zero attached hydrogens (tertiary/aromatic N) is 4. The molecular weight excluding hydrogens is 344 g/mol. The number of hydrogen-bond donors (Lipinski definition) is 0. The van der Waals surface area contributed by atoms with E-state index in [-0.39, 0.29) is 12.7 Å². The van der Waals surface area contributed by atoms with E-state index in [1.807, 2.05) is 0 Å². The van der Waals surface area contributed by atoms with Gasteiger partial charge in [-0.25, -0.2) is 8.42 Å². The molecule has 0 bridgehead atoms. The van der Waals surface area contributed by atoms with Crippen LogP contribution in [0.4, 0.5) is 0 Å². The molecule has 8 nitrogen and oxygen atoms in total. The molecule has 0 aromatic carbocycles. The van der Waals surface area contributed by atoms with E-state index in [1.165, 1.54) is 4.31 Å². The summed E-state index contributed by atoms with van der Waals surface area (Å²) in [5, 5.41) is 3.48. The van der Waals surface area contributed by atoms with Crippen LogP contribution in [-0.4, -0.2) is 52.3 Å². The fourth-order valence-electron chi connectivity index (χ4n) is 2.69. The number of rotatable bonds is 6. The number of hydrogen-bond acceptors (Lipinski definition) is 7. The zero-order chi connectivity index (χ0) is 17.9. The van der Waals surface area contributed by atoms with Crippen molar-refractivity contribution in [1.82, 2.24) is 19.4 Å². The third kappa shape index (κ3) is 4.23. The second-order valence-electron chi connectivity index (χ2n) is 6.28. The first-order valence-corrected chi connectivity index (χ1v) is 9.80. The summed E-state index contributed by atoms with van der Waals surface area (Å²) in [6.07, 6.45) is 4.75. The summed E-state index contributed by atoms with van der Waals surface area (Å²) in [6.45, 7) is 4.50. The average Bonchev–Trinajstić information content (AvgIpc) is 3.10. The lowest BCUT2D eigenvalue weighted by Gasteiger charge is -2.32. The first-order chi connectivity index (χ1) is 12.0. The Morgan fingerprint density at radius 1 is 1.36 bits per heavy atom. The van der Waals surface area contributed by atoms with Crippen molar-refractivity contribution >= 4 is 10.0 Å². The van der Waals surface area contributed by atoms with Crippen LogP contribution in [0.5, 0.6) is 0 Å². The van der Waals surface area contributed by atoms with Crippen molar-refractivity contribution in [2.75, 3.05) is 13.1 Å². The molecule has 25 heavy (non-hydrogen) atoms. The lowest BCUT2D eigenvalue weighted by atomic mass is 10.1. The molecule has 136 valence electrons. The van der Waals surface area contributed by atoms with Gasteiger partial charge in [0.05, 0.1) is 11.4 Å². The zero-order valence-electron chi connectivity index (χ0n) is 14.3. The molecule has 0 N–H and O–H groups in total. The number of sulfonamides is 1. The molecule has 0 saturated carbocycles. The highest BCUT2D eigenvalue weighted by Gasteiger charge is 2.31. The smallest absolute Gasteiger partial charge is 0.258 e. The Morgan fingerprint density at radius 2 is 2.12 bits per heavy atom. The second kappa shape index (κ2) is 7.59. The molecular formula is C16H22N4O4S. The van der Waals surface area contributed by atoms with Crippen LogP contribution in [0.3, 0.4) is 0 Å². The standard InChI is InChI=1S/C16H22N4O4S/c1-12(2)25(21,22)20-9-3-4-14(10-20)23-11-15-18-16(24-19-15)13-5-7-17-8-6-13/h5-8,12,14H,3-4,9-11H2,1-2H3. The van der Waals surface area contributed by atoms with Crippen LogP contribution in [-0.2, 0) is 21.4 Å². The van der Waals surface area contributed by atoms with E-state index in [0.717, 1.165) is 18.4 Å². The molecule has 3 heterocycles. The van der Waals surface area contributed by atoms with Gasteiger partial charge < -0.3 is 9.26 Å². The van der Waals surface area contributed by atoms with Gasteiger partial charge in [-0.3, -0.25) is 4.98 Å². The van der Waals surface area contributed by atoms with Crippen molar-refractivity contribution < 1.29 is 17.7 Å². The normalized spacial score (nSPS) is 19.4. The summed E-state index contributed by atoms with van der Waals surface area (Å²) in [4.78, 5) is 8.24. The van der Waals surface area contributed by atoms with E-state index in [0.29, 0.717) is 24.8 Å². The molecule has 1 fully saturated rings. The summed E-state index contributed by atoms with van der Waals surface area (Å²) >= 11 is 0. The third-order valence-electron chi connectivity index (χ3n) is 4.14. The third-order valence-corrected chi connectivity index (χ3v) is 6.38. The molecule has 2 aromatic rings. The summed E-state index contributed by atoms with van der Waals surface area (Å²) in [5.41, 5.74) is 0.792. The van der Waals surface area contributed by atoms with Crippen molar-refractivity contribution in [2.24, 2.45) is 0 Å². The van der Waals surface area contributed by atoms with E-state index in [4.69, 9.17) is 9.26 Å². The van der Waals surface area contributed by atoms with Gasteiger partial charge >= 0.3 is 0 Å². The lowest BCUT2D eigenvalue weighted by Crippen LogP contribution is -2.45. The Hall–Kier alpha value is -1.84. The maximum atomic E-state index is 12.3. The largest absolute Gasteiger partial charge is 0.369 e. The molecule has 0 spiro atoms. The topological polar surface area (TPSA) is 98.4 Å². The van der Waals surface area contributed by atoms with E-state index < -0.39 is 15.3 Å². The molecule has 0 radical (unpaired) electrons. The Morgan fingerprint density at radius 3 is 2.84 bits per heavy atom. The van der Waals surface area contributed by atoms with Gasteiger partial charge in [0.2, 0.25) is 10.0 Å². The number of piperidine rings is 1. The molecule has 1 unspecified atom stereocenters. The Kier molecular flexibility index (Phi) is 5.45. The molecule has 0 aliphatic carbocycles. The van der Waals surface area contributed by atoms with Gasteiger partial charge in [0.1, 0.15) is 6.61 Å². The molecule has 9 heteroatoms. The highest BCUT2D eigenvalue weighted by atomic mass is 32.2. The predicted octanol–water partition coefficient (Wildman–Crippen LogP) is 1.85. The molecule has 1 aliphatic rings. The van der Waals surface area contributed by atoms with Crippen LogP contribution in [0.1, 0.15) is 32.5 Å². The molecule has 3 rings (SSSR count). The van der Waals surface area contributed by atoms with Gasteiger partial charge in [0.15, 0.2) is 5.82 Å². The van der Waals surface area contributed by atoms with Gasteiger partial charge in [-0.1, -0.05) is 5.16 Å². The maximum absolute atomic E-state index is 12.3. The highest BCUT2D eigenvalue weighted by Crippen LogP contribution is 2.20. The van der Waals surface area contributed by atoms with Crippen LogP contribution < -0.4 is 0 Å². The molecule has 1 aliphatic heterocycles. The second-order valence-corrected chi connectivity index (χ2v) is 8.77. The minimum atomic E-state index is -3.25. The first-order valence-electron chi connectivity index (χ1n) is 8.30. The number of ether oxygens (including phenoxy) is 1. The fraction of sp³-hybridized carbons (Fsp3) is 0.562. The summed E-state index contributed by atoms with van der Waals surface area (Å²) in [6, 6.07) is 3.57. The Bertz CT molecular complexity index is 791. The minimum Gasteiger partial charge on any atom is -0.369 e. The van der Waals surface area contributed by atoms with E-state index in [2.05, 4.69) is 15.1 Å². The van der Waals surface area contributed by atoms with Crippen LogP contribution in [0.15, 0.2) is 29.0 Å².